The molecule has 1 aliphatic rings. The first kappa shape index (κ1) is 11.5. The van der Waals surface area contributed by atoms with E-state index in [1.54, 1.807) is 5.92 Å². The summed E-state index contributed by atoms with van der Waals surface area (Å²) in [6.45, 7) is 8.28. The maximum Gasteiger partial charge on any atom is 0.00383 e. The van der Waals surface area contributed by atoms with Crippen molar-refractivity contribution in [1.29, 1.82) is 0 Å². The van der Waals surface area contributed by atoms with Gasteiger partial charge in [-0.05, 0) is 44.2 Å². The van der Waals surface area contributed by atoms with Crippen LogP contribution in [0.1, 0.15) is 33.1 Å². The highest BCUT2D eigenvalue weighted by molar-refractivity contribution is 9.09. The first-order chi connectivity index (χ1) is 6.22. The highest BCUT2D eigenvalue weighted by atomic mass is 79.9. The summed E-state index contributed by atoms with van der Waals surface area (Å²) >= 11 is 3.52. The van der Waals surface area contributed by atoms with Crippen molar-refractivity contribution in [2.45, 2.75) is 33.1 Å². The van der Waals surface area contributed by atoms with Gasteiger partial charge in [0.1, 0.15) is 0 Å². The molecule has 1 radical (unpaired) electrons. The van der Waals surface area contributed by atoms with E-state index in [9.17, 15) is 0 Å². The molecule has 0 aromatic heterocycles. The quantitative estimate of drug-likeness (QED) is 0.690. The standard InChI is InChI=1S/C11H21BrN/c1-10(2)9-13-7-4-11(3-6-12)5-8-13/h11H,3-9H2,1-2H3. The zero-order valence-electron chi connectivity index (χ0n) is 8.85. The lowest BCUT2D eigenvalue weighted by molar-refractivity contribution is 0.189. The van der Waals surface area contributed by atoms with Crippen molar-refractivity contribution < 1.29 is 0 Å². The minimum absolute atomic E-state index is 0.979. The van der Waals surface area contributed by atoms with Gasteiger partial charge in [-0.2, -0.15) is 0 Å². The van der Waals surface area contributed by atoms with Crippen molar-refractivity contribution >= 4 is 15.9 Å². The topological polar surface area (TPSA) is 3.24 Å². The molecule has 1 rings (SSSR count). The third-order valence-electron chi connectivity index (χ3n) is 2.76. The van der Waals surface area contributed by atoms with E-state index in [0.29, 0.717) is 0 Å². The molecule has 0 aromatic carbocycles. The Hall–Kier alpha value is 0.440. The van der Waals surface area contributed by atoms with Gasteiger partial charge in [0.15, 0.2) is 0 Å². The van der Waals surface area contributed by atoms with Gasteiger partial charge in [-0.15, -0.1) is 0 Å². The molecule has 0 N–H and O–H groups in total. The van der Waals surface area contributed by atoms with E-state index >= 15 is 0 Å². The van der Waals surface area contributed by atoms with E-state index in [-0.39, 0.29) is 0 Å². The molecule has 0 amide bonds. The van der Waals surface area contributed by atoms with Crippen molar-refractivity contribution in [2.24, 2.45) is 5.92 Å². The van der Waals surface area contributed by atoms with Crippen LogP contribution in [-0.2, 0) is 0 Å². The molecule has 2 heteroatoms. The van der Waals surface area contributed by atoms with Gasteiger partial charge in [0.05, 0.1) is 0 Å². The Kier molecular flexibility index (Phi) is 5.34. The monoisotopic (exact) mass is 246 g/mol. The zero-order valence-corrected chi connectivity index (χ0v) is 10.4. The maximum atomic E-state index is 3.52. The predicted molar refractivity (Wildman–Crippen MR) is 62.2 cm³/mol. The molecule has 1 nitrogen and oxygen atoms in total. The van der Waals surface area contributed by atoms with Crippen molar-refractivity contribution in [3.05, 3.63) is 5.92 Å². The molecule has 1 heterocycles. The van der Waals surface area contributed by atoms with Crippen LogP contribution in [-0.4, -0.2) is 29.9 Å². The fourth-order valence-electron chi connectivity index (χ4n) is 2.03. The molecule has 0 saturated carbocycles. The van der Waals surface area contributed by atoms with Crippen LogP contribution in [0.4, 0.5) is 0 Å². The van der Waals surface area contributed by atoms with Gasteiger partial charge in [0.2, 0.25) is 0 Å². The fourth-order valence-corrected chi connectivity index (χ4v) is 2.68. The first-order valence-corrected chi connectivity index (χ1v) is 6.42. The van der Waals surface area contributed by atoms with Crippen molar-refractivity contribution in [1.82, 2.24) is 4.90 Å². The molecule has 0 unspecified atom stereocenters. The van der Waals surface area contributed by atoms with Crippen LogP contribution in [0.3, 0.4) is 0 Å². The molecule has 0 spiro atoms. The molecule has 1 fully saturated rings. The van der Waals surface area contributed by atoms with Crippen molar-refractivity contribution in [3.63, 3.8) is 0 Å². The van der Waals surface area contributed by atoms with Crippen LogP contribution in [0.5, 0.6) is 0 Å². The number of hydrogen-bond donors (Lipinski definition) is 0. The second-order valence-corrected chi connectivity index (χ2v) is 5.20. The van der Waals surface area contributed by atoms with Gasteiger partial charge in [-0.1, -0.05) is 29.8 Å². The normalized spacial score (nSPS) is 21.2. The smallest absolute Gasteiger partial charge is 0.00383 e. The molecule has 0 bridgehead atoms. The number of nitrogens with zero attached hydrogens (tertiary/aromatic N) is 1. The van der Waals surface area contributed by atoms with Crippen LogP contribution in [0, 0.1) is 11.8 Å². The zero-order chi connectivity index (χ0) is 9.68. The second-order valence-electron chi connectivity index (χ2n) is 4.40. The Labute approximate surface area is 91.0 Å². The minimum atomic E-state index is 0.979. The van der Waals surface area contributed by atoms with Gasteiger partial charge < -0.3 is 4.90 Å². The van der Waals surface area contributed by atoms with Crippen molar-refractivity contribution in [3.8, 4) is 0 Å². The third kappa shape index (κ3) is 4.46. The first-order valence-electron chi connectivity index (χ1n) is 5.29. The molecule has 0 aromatic rings. The predicted octanol–water partition coefficient (Wildman–Crippen LogP) is 3.10. The summed E-state index contributed by atoms with van der Waals surface area (Å²) in [4.78, 5) is 2.58. The van der Waals surface area contributed by atoms with Crippen LogP contribution in [0.2, 0.25) is 0 Å². The number of alkyl halides is 1. The summed E-state index contributed by atoms with van der Waals surface area (Å²) in [5.74, 6) is 2.52. The molecule has 1 saturated heterocycles. The van der Waals surface area contributed by atoms with E-state index in [1.165, 1.54) is 44.2 Å². The van der Waals surface area contributed by atoms with E-state index in [0.717, 1.165) is 5.92 Å². The molecular weight excluding hydrogens is 226 g/mol. The maximum absolute atomic E-state index is 3.52. The molecule has 13 heavy (non-hydrogen) atoms. The minimum Gasteiger partial charge on any atom is -0.303 e. The van der Waals surface area contributed by atoms with Crippen LogP contribution in [0.25, 0.3) is 0 Å². The largest absolute Gasteiger partial charge is 0.303 e. The van der Waals surface area contributed by atoms with E-state index < -0.39 is 0 Å². The summed E-state index contributed by atoms with van der Waals surface area (Å²) < 4.78 is 0. The average Bonchev–Trinajstić information content (AvgIpc) is 2.08. The Balaban J connectivity index is 2.15. The Morgan fingerprint density at radius 3 is 2.38 bits per heavy atom. The number of hydrogen-bond acceptors (Lipinski definition) is 1. The summed E-state index contributed by atoms with van der Waals surface area (Å²) in [5, 5.41) is 1.18. The second kappa shape index (κ2) is 6.02. The summed E-state index contributed by atoms with van der Waals surface area (Å²) in [6.07, 6.45) is 4.17. The van der Waals surface area contributed by atoms with Gasteiger partial charge in [0, 0.05) is 11.9 Å². The molecule has 0 atom stereocenters. The highest BCUT2D eigenvalue weighted by Crippen LogP contribution is 2.21. The number of likely N-dealkylation sites (tertiary alicyclic amines) is 1. The summed E-state index contributed by atoms with van der Waals surface area (Å²) in [6, 6.07) is 0. The summed E-state index contributed by atoms with van der Waals surface area (Å²) in [5.41, 5.74) is 0. The van der Waals surface area contributed by atoms with Crippen LogP contribution in [0.15, 0.2) is 0 Å². The van der Waals surface area contributed by atoms with Crippen LogP contribution >= 0.6 is 15.9 Å². The lowest BCUT2D eigenvalue weighted by Crippen LogP contribution is -2.35. The molecule has 1 aliphatic heterocycles. The molecular formula is C11H21BrN. The highest BCUT2D eigenvalue weighted by Gasteiger charge is 2.18. The van der Waals surface area contributed by atoms with Gasteiger partial charge in [-0.3, -0.25) is 0 Å². The van der Waals surface area contributed by atoms with E-state index in [4.69, 9.17) is 0 Å². The fraction of sp³-hybridized carbons (Fsp3) is 0.909. The van der Waals surface area contributed by atoms with Gasteiger partial charge in [0.25, 0.3) is 0 Å². The number of piperidine rings is 1. The van der Waals surface area contributed by atoms with E-state index in [1.807, 2.05) is 0 Å². The lowest BCUT2D eigenvalue weighted by atomic mass is 9.94. The van der Waals surface area contributed by atoms with E-state index in [2.05, 4.69) is 34.7 Å². The third-order valence-corrected chi connectivity index (χ3v) is 3.22. The lowest BCUT2D eigenvalue weighted by Gasteiger charge is -2.32. The SMILES string of the molecule is C[C](C)CN1CCC(CCBr)CC1. The van der Waals surface area contributed by atoms with Crippen molar-refractivity contribution in [2.75, 3.05) is 25.0 Å². The Morgan fingerprint density at radius 2 is 1.92 bits per heavy atom. The molecule has 0 aliphatic carbocycles. The summed E-state index contributed by atoms with van der Waals surface area (Å²) in [7, 11) is 0. The van der Waals surface area contributed by atoms with Gasteiger partial charge >= 0.3 is 0 Å². The Bertz CT molecular complexity index is 128. The van der Waals surface area contributed by atoms with Gasteiger partial charge in [-0.25, -0.2) is 0 Å². The molecule has 77 valence electrons. The van der Waals surface area contributed by atoms with Crippen LogP contribution < -0.4 is 0 Å². The average molecular weight is 247 g/mol. The number of rotatable bonds is 4. The Morgan fingerprint density at radius 1 is 1.31 bits per heavy atom. The number of halogens is 1.